The van der Waals surface area contributed by atoms with Gasteiger partial charge in [0.25, 0.3) is 0 Å². The Kier molecular flexibility index (Phi) is 4.43. The van der Waals surface area contributed by atoms with Crippen molar-refractivity contribution >= 4 is 17.1 Å². The van der Waals surface area contributed by atoms with Crippen molar-refractivity contribution in [3.05, 3.63) is 18.2 Å². The van der Waals surface area contributed by atoms with E-state index in [4.69, 9.17) is 0 Å². The normalized spacial score (nSPS) is 17.9. The van der Waals surface area contributed by atoms with E-state index in [1.165, 1.54) is 29.9 Å². The molecule has 1 aliphatic rings. The van der Waals surface area contributed by atoms with Gasteiger partial charge in [-0.3, -0.25) is 0 Å². The third kappa shape index (κ3) is 3.18. The third-order valence-corrected chi connectivity index (χ3v) is 4.43. The molecule has 2 rings (SSSR count). The lowest BCUT2D eigenvalue weighted by atomic mass is 9.82. The molecule has 0 bridgehead atoms. The minimum Gasteiger partial charge on any atom is -0.386 e. The van der Waals surface area contributed by atoms with E-state index in [0.717, 1.165) is 13.1 Å². The Labute approximate surface area is 123 Å². The van der Waals surface area contributed by atoms with Crippen molar-refractivity contribution in [2.75, 3.05) is 49.5 Å². The van der Waals surface area contributed by atoms with E-state index in [0.29, 0.717) is 5.41 Å². The highest BCUT2D eigenvalue weighted by Crippen LogP contribution is 2.36. The first-order chi connectivity index (χ1) is 9.46. The first-order valence-corrected chi connectivity index (χ1v) is 7.45. The highest BCUT2D eigenvalue weighted by atomic mass is 15.5. The van der Waals surface area contributed by atoms with Crippen LogP contribution in [0, 0.1) is 5.41 Å². The second-order valence-electron chi connectivity index (χ2n) is 6.39. The molecule has 4 heteroatoms. The highest BCUT2D eigenvalue weighted by Gasteiger charge is 2.26. The van der Waals surface area contributed by atoms with Crippen molar-refractivity contribution in [1.29, 1.82) is 0 Å². The van der Waals surface area contributed by atoms with Gasteiger partial charge in [0.2, 0.25) is 0 Å². The largest absolute Gasteiger partial charge is 0.386 e. The zero-order chi connectivity index (χ0) is 14.8. The van der Waals surface area contributed by atoms with Gasteiger partial charge in [0.1, 0.15) is 0 Å². The van der Waals surface area contributed by atoms with Gasteiger partial charge < -0.3 is 15.2 Å². The Morgan fingerprint density at radius 2 is 1.80 bits per heavy atom. The summed E-state index contributed by atoms with van der Waals surface area (Å²) in [5.74, 6) is 0. The molecular weight excluding hydrogens is 248 g/mol. The summed E-state index contributed by atoms with van der Waals surface area (Å²) in [5.41, 5.74) is 7.34. The van der Waals surface area contributed by atoms with Crippen molar-refractivity contribution in [1.82, 2.24) is 5.43 Å². The molecule has 0 atom stereocenters. The standard InChI is InChI=1S/C16H28N4/c1-16(2)8-10-20(11-9-16)15-12-13(19(5)18-4)6-7-14(15)17-3/h6-7,12,17-18H,8-11H2,1-5H3. The Balaban J connectivity index is 2.25. The highest BCUT2D eigenvalue weighted by molar-refractivity contribution is 5.75. The number of hydrogen-bond donors (Lipinski definition) is 2. The van der Waals surface area contributed by atoms with E-state index in [1.807, 2.05) is 26.2 Å². The average molecular weight is 276 g/mol. The van der Waals surface area contributed by atoms with Crippen molar-refractivity contribution in [3.8, 4) is 0 Å². The Morgan fingerprint density at radius 3 is 2.35 bits per heavy atom. The van der Waals surface area contributed by atoms with Crippen LogP contribution in [0.3, 0.4) is 0 Å². The molecule has 112 valence electrons. The maximum absolute atomic E-state index is 3.32. The quantitative estimate of drug-likeness (QED) is 0.828. The summed E-state index contributed by atoms with van der Waals surface area (Å²) >= 11 is 0. The van der Waals surface area contributed by atoms with Crippen molar-refractivity contribution in [2.24, 2.45) is 5.41 Å². The number of rotatable bonds is 4. The Bertz CT molecular complexity index is 446. The topological polar surface area (TPSA) is 30.5 Å². The lowest BCUT2D eigenvalue weighted by Gasteiger charge is -2.39. The van der Waals surface area contributed by atoms with E-state index >= 15 is 0 Å². The molecule has 0 unspecified atom stereocenters. The number of nitrogens with zero attached hydrogens (tertiary/aromatic N) is 2. The van der Waals surface area contributed by atoms with E-state index in [1.54, 1.807) is 0 Å². The zero-order valence-corrected chi connectivity index (χ0v) is 13.5. The van der Waals surface area contributed by atoms with Crippen LogP contribution in [-0.4, -0.2) is 34.2 Å². The molecule has 0 radical (unpaired) electrons. The van der Waals surface area contributed by atoms with Gasteiger partial charge in [-0.15, -0.1) is 0 Å². The van der Waals surface area contributed by atoms with Gasteiger partial charge in [-0.2, -0.15) is 0 Å². The van der Waals surface area contributed by atoms with E-state index < -0.39 is 0 Å². The fraction of sp³-hybridized carbons (Fsp3) is 0.625. The van der Waals surface area contributed by atoms with Gasteiger partial charge in [-0.1, -0.05) is 13.8 Å². The van der Waals surface area contributed by atoms with Gasteiger partial charge in [0.05, 0.1) is 17.1 Å². The Morgan fingerprint density at radius 1 is 1.15 bits per heavy atom. The zero-order valence-electron chi connectivity index (χ0n) is 13.5. The molecule has 0 aromatic heterocycles. The monoisotopic (exact) mass is 276 g/mol. The third-order valence-electron chi connectivity index (χ3n) is 4.43. The lowest BCUT2D eigenvalue weighted by molar-refractivity contribution is 0.280. The van der Waals surface area contributed by atoms with Crippen LogP contribution < -0.4 is 20.7 Å². The summed E-state index contributed by atoms with van der Waals surface area (Å²) in [5, 5.41) is 5.36. The molecule has 0 aliphatic carbocycles. The summed E-state index contributed by atoms with van der Waals surface area (Å²) in [6, 6.07) is 6.57. The number of benzene rings is 1. The molecule has 0 saturated carbocycles. The Hall–Kier alpha value is -1.42. The molecule has 1 saturated heterocycles. The fourth-order valence-corrected chi connectivity index (χ4v) is 2.68. The minimum absolute atomic E-state index is 0.482. The predicted molar refractivity (Wildman–Crippen MR) is 88.7 cm³/mol. The number of piperidine rings is 1. The van der Waals surface area contributed by atoms with Gasteiger partial charge in [-0.05, 0) is 36.5 Å². The van der Waals surface area contributed by atoms with Gasteiger partial charge in [0, 0.05) is 34.2 Å². The van der Waals surface area contributed by atoms with E-state index in [9.17, 15) is 0 Å². The van der Waals surface area contributed by atoms with Crippen LogP contribution in [0.25, 0.3) is 0 Å². The maximum Gasteiger partial charge on any atom is 0.0623 e. The first-order valence-electron chi connectivity index (χ1n) is 7.45. The van der Waals surface area contributed by atoms with Crippen LogP contribution in [0.2, 0.25) is 0 Å². The molecule has 20 heavy (non-hydrogen) atoms. The molecule has 0 amide bonds. The second kappa shape index (κ2) is 5.92. The molecule has 1 fully saturated rings. The SMILES string of the molecule is CNc1ccc(N(C)NC)cc1N1CCC(C)(C)CC1. The minimum atomic E-state index is 0.482. The molecule has 0 spiro atoms. The summed E-state index contributed by atoms with van der Waals surface area (Å²) in [7, 11) is 5.97. The summed E-state index contributed by atoms with van der Waals surface area (Å²) in [4.78, 5) is 2.50. The number of hydrazine groups is 1. The van der Waals surface area contributed by atoms with Crippen molar-refractivity contribution in [2.45, 2.75) is 26.7 Å². The van der Waals surface area contributed by atoms with Gasteiger partial charge in [0.15, 0.2) is 0 Å². The summed E-state index contributed by atoms with van der Waals surface area (Å²) in [6.07, 6.45) is 2.50. The summed E-state index contributed by atoms with van der Waals surface area (Å²) in [6.45, 7) is 7.01. The molecular formula is C16H28N4. The predicted octanol–water partition coefficient (Wildman–Crippen LogP) is 2.93. The van der Waals surface area contributed by atoms with Crippen LogP contribution in [0.15, 0.2) is 18.2 Å². The lowest BCUT2D eigenvalue weighted by Crippen LogP contribution is -2.38. The maximum atomic E-state index is 3.32. The van der Waals surface area contributed by atoms with Crippen LogP contribution >= 0.6 is 0 Å². The first kappa shape index (κ1) is 15.0. The van der Waals surface area contributed by atoms with Crippen LogP contribution in [0.1, 0.15) is 26.7 Å². The van der Waals surface area contributed by atoms with E-state index in [2.05, 4.69) is 47.7 Å². The average Bonchev–Trinajstić information content (AvgIpc) is 2.46. The number of nitrogens with one attached hydrogen (secondary N) is 2. The van der Waals surface area contributed by atoms with Crippen molar-refractivity contribution < 1.29 is 0 Å². The van der Waals surface area contributed by atoms with Gasteiger partial charge in [-0.25, -0.2) is 5.43 Å². The molecule has 2 N–H and O–H groups in total. The smallest absolute Gasteiger partial charge is 0.0623 e. The van der Waals surface area contributed by atoms with Crippen LogP contribution in [0.4, 0.5) is 17.1 Å². The fourth-order valence-electron chi connectivity index (χ4n) is 2.68. The molecule has 1 aliphatic heterocycles. The second-order valence-corrected chi connectivity index (χ2v) is 6.39. The van der Waals surface area contributed by atoms with Crippen LogP contribution in [-0.2, 0) is 0 Å². The number of hydrogen-bond acceptors (Lipinski definition) is 4. The molecule has 1 aromatic rings. The van der Waals surface area contributed by atoms with Crippen LogP contribution in [0.5, 0.6) is 0 Å². The molecule has 4 nitrogen and oxygen atoms in total. The molecule has 1 aromatic carbocycles. The number of anilines is 3. The molecule has 1 heterocycles. The van der Waals surface area contributed by atoms with Gasteiger partial charge >= 0.3 is 0 Å². The van der Waals surface area contributed by atoms with Crippen molar-refractivity contribution in [3.63, 3.8) is 0 Å². The summed E-state index contributed by atoms with van der Waals surface area (Å²) < 4.78 is 0. The van der Waals surface area contributed by atoms with E-state index in [-0.39, 0.29) is 0 Å².